The molecule has 1 aromatic heterocycles. The van der Waals surface area contributed by atoms with Crippen LogP contribution in [0.2, 0.25) is 0 Å². The summed E-state index contributed by atoms with van der Waals surface area (Å²) < 4.78 is 8.66. The average Bonchev–Trinajstić information content (AvgIpc) is 2.73. The third-order valence-corrected chi connectivity index (χ3v) is 5.24. The second-order valence-corrected chi connectivity index (χ2v) is 6.68. The van der Waals surface area contributed by atoms with E-state index in [4.69, 9.17) is 4.74 Å². The fraction of sp³-hybridized carbons (Fsp3) is 0.812. The lowest BCUT2D eigenvalue weighted by Crippen LogP contribution is -2.34. The molecular weight excluding hydrogens is 332 g/mol. The zero-order valence-corrected chi connectivity index (χ0v) is 14.9. The molecule has 1 aliphatic carbocycles. The Hall–Kier alpha value is -0.390. The summed E-state index contributed by atoms with van der Waals surface area (Å²) in [7, 11) is 0. The molecule has 5 heteroatoms. The van der Waals surface area contributed by atoms with Gasteiger partial charge in [-0.25, -0.2) is 0 Å². The van der Waals surface area contributed by atoms with E-state index >= 15 is 0 Å². The number of nitrogens with zero attached hydrogens (tertiary/aromatic N) is 2. The summed E-state index contributed by atoms with van der Waals surface area (Å²) in [6, 6.07) is 0. The summed E-state index contributed by atoms with van der Waals surface area (Å²) in [5.74, 6) is 0.610. The van der Waals surface area contributed by atoms with E-state index in [0.29, 0.717) is 18.4 Å². The van der Waals surface area contributed by atoms with Gasteiger partial charge in [0.05, 0.1) is 28.1 Å². The SMILES string of the molecule is CCOC1CC(CC(O)Cc2c(Br)c(CC)nn2CC)C1. The molecule has 1 atom stereocenters. The Labute approximate surface area is 136 Å². The lowest BCUT2D eigenvalue weighted by molar-refractivity contribution is -0.0377. The maximum absolute atomic E-state index is 10.4. The van der Waals surface area contributed by atoms with Gasteiger partial charge in [-0.1, -0.05) is 6.92 Å². The highest BCUT2D eigenvalue weighted by molar-refractivity contribution is 9.10. The minimum atomic E-state index is -0.291. The predicted octanol–water partition coefficient (Wildman–Crippen LogP) is 3.34. The molecule has 0 aliphatic heterocycles. The van der Waals surface area contributed by atoms with Gasteiger partial charge in [-0.15, -0.1) is 0 Å². The van der Waals surface area contributed by atoms with Crippen LogP contribution in [-0.4, -0.2) is 33.7 Å². The van der Waals surface area contributed by atoms with Crippen molar-refractivity contribution in [3.63, 3.8) is 0 Å². The van der Waals surface area contributed by atoms with Crippen LogP contribution in [0.1, 0.15) is 51.4 Å². The van der Waals surface area contributed by atoms with Crippen LogP contribution < -0.4 is 0 Å². The molecule has 1 N–H and O–H groups in total. The van der Waals surface area contributed by atoms with Crippen molar-refractivity contribution in [3.05, 3.63) is 15.9 Å². The normalized spacial score (nSPS) is 23.1. The van der Waals surface area contributed by atoms with Gasteiger partial charge in [0.2, 0.25) is 0 Å². The number of hydrogen-bond donors (Lipinski definition) is 1. The van der Waals surface area contributed by atoms with E-state index in [1.807, 2.05) is 11.6 Å². The Morgan fingerprint density at radius 1 is 1.38 bits per heavy atom. The average molecular weight is 359 g/mol. The summed E-state index contributed by atoms with van der Waals surface area (Å²) in [5, 5.41) is 15.0. The van der Waals surface area contributed by atoms with Crippen molar-refractivity contribution in [2.24, 2.45) is 5.92 Å². The van der Waals surface area contributed by atoms with Gasteiger partial charge in [0, 0.05) is 19.6 Å². The largest absolute Gasteiger partial charge is 0.393 e. The molecule has 0 bridgehead atoms. The zero-order valence-electron chi connectivity index (χ0n) is 13.3. The van der Waals surface area contributed by atoms with Crippen molar-refractivity contribution in [1.82, 2.24) is 9.78 Å². The van der Waals surface area contributed by atoms with Crippen LogP contribution in [0, 0.1) is 5.92 Å². The minimum absolute atomic E-state index is 0.291. The molecule has 0 saturated heterocycles. The number of rotatable bonds is 8. The first-order valence-corrected chi connectivity index (χ1v) is 8.91. The Kier molecular flexibility index (Phi) is 6.26. The molecule has 1 fully saturated rings. The fourth-order valence-corrected chi connectivity index (χ4v) is 3.87. The molecule has 0 radical (unpaired) electrons. The van der Waals surface area contributed by atoms with Crippen LogP contribution >= 0.6 is 15.9 Å². The van der Waals surface area contributed by atoms with Crippen molar-refractivity contribution in [2.45, 2.75) is 71.6 Å². The number of aliphatic hydroxyl groups excluding tert-OH is 1. The van der Waals surface area contributed by atoms with Crippen LogP contribution in [0.4, 0.5) is 0 Å². The Morgan fingerprint density at radius 3 is 2.67 bits per heavy atom. The van der Waals surface area contributed by atoms with E-state index in [1.54, 1.807) is 0 Å². The predicted molar refractivity (Wildman–Crippen MR) is 87.4 cm³/mol. The third-order valence-electron chi connectivity index (χ3n) is 4.32. The molecular formula is C16H27BrN2O2. The second-order valence-electron chi connectivity index (χ2n) is 5.89. The summed E-state index contributed by atoms with van der Waals surface area (Å²) in [6.45, 7) is 7.87. The molecule has 0 aromatic carbocycles. The van der Waals surface area contributed by atoms with Crippen molar-refractivity contribution >= 4 is 15.9 Å². The van der Waals surface area contributed by atoms with Crippen LogP contribution in [0.3, 0.4) is 0 Å². The van der Waals surface area contributed by atoms with Gasteiger partial charge in [0.25, 0.3) is 0 Å². The number of aromatic nitrogens is 2. The Bertz CT molecular complexity index is 455. The standard InChI is InChI=1S/C16H27BrN2O2/c1-4-14-16(17)15(19(5-2)18-14)10-12(20)7-11-8-13(9-11)21-6-3/h11-13,20H,4-10H2,1-3H3. The van der Waals surface area contributed by atoms with Gasteiger partial charge in [-0.2, -0.15) is 5.10 Å². The van der Waals surface area contributed by atoms with Gasteiger partial charge in [-0.05, 0) is 61.4 Å². The number of aliphatic hydroxyl groups is 1. The number of hydrogen-bond acceptors (Lipinski definition) is 3. The molecule has 0 spiro atoms. The maximum Gasteiger partial charge on any atom is 0.0766 e. The van der Waals surface area contributed by atoms with Gasteiger partial charge in [-0.3, -0.25) is 4.68 Å². The van der Waals surface area contributed by atoms with Gasteiger partial charge >= 0.3 is 0 Å². The summed E-state index contributed by atoms with van der Waals surface area (Å²) in [6.07, 6.45) is 4.78. The van der Waals surface area contributed by atoms with Crippen LogP contribution in [-0.2, 0) is 24.1 Å². The molecule has 1 unspecified atom stereocenters. The van der Waals surface area contributed by atoms with Crippen LogP contribution in [0.5, 0.6) is 0 Å². The highest BCUT2D eigenvalue weighted by Gasteiger charge is 2.31. The first-order valence-electron chi connectivity index (χ1n) is 8.12. The first-order chi connectivity index (χ1) is 10.1. The van der Waals surface area contributed by atoms with E-state index < -0.39 is 0 Å². The minimum Gasteiger partial charge on any atom is -0.393 e. The number of aryl methyl sites for hydroxylation is 2. The molecule has 1 saturated carbocycles. The topological polar surface area (TPSA) is 47.3 Å². The summed E-state index contributed by atoms with van der Waals surface area (Å²) in [5.41, 5.74) is 2.21. The van der Waals surface area contributed by atoms with Gasteiger partial charge < -0.3 is 9.84 Å². The third kappa shape index (κ3) is 4.08. The van der Waals surface area contributed by atoms with Gasteiger partial charge in [0.15, 0.2) is 0 Å². The van der Waals surface area contributed by atoms with Gasteiger partial charge in [0.1, 0.15) is 0 Å². The zero-order chi connectivity index (χ0) is 15.4. The molecule has 1 heterocycles. The Morgan fingerprint density at radius 2 is 2.10 bits per heavy atom. The maximum atomic E-state index is 10.4. The van der Waals surface area contributed by atoms with E-state index in [1.165, 1.54) is 0 Å². The highest BCUT2D eigenvalue weighted by atomic mass is 79.9. The van der Waals surface area contributed by atoms with E-state index in [2.05, 4.69) is 34.9 Å². The van der Waals surface area contributed by atoms with E-state index in [-0.39, 0.29) is 6.10 Å². The molecule has 2 rings (SSSR count). The second kappa shape index (κ2) is 7.75. The van der Waals surface area contributed by atoms with Crippen LogP contribution in [0.15, 0.2) is 4.47 Å². The molecule has 1 aliphatic rings. The lowest BCUT2D eigenvalue weighted by atomic mass is 9.78. The van der Waals surface area contributed by atoms with E-state index in [9.17, 15) is 5.11 Å². The van der Waals surface area contributed by atoms with Crippen molar-refractivity contribution in [1.29, 1.82) is 0 Å². The summed E-state index contributed by atoms with van der Waals surface area (Å²) >= 11 is 3.64. The smallest absolute Gasteiger partial charge is 0.0766 e. The number of ether oxygens (including phenoxy) is 1. The molecule has 120 valence electrons. The van der Waals surface area contributed by atoms with E-state index in [0.717, 1.165) is 54.7 Å². The first kappa shape index (κ1) is 17.0. The van der Waals surface area contributed by atoms with Crippen molar-refractivity contribution in [3.8, 4) is 0 Å². The van der Waals surface area contributed by atoms with Crippen molar-refractivity contribution in [2.75, 3.05) is 6.61 Å². The highest BCUT2D eigenvalue weighted by Crippen LogP contribution is 2.34. The van der Waals surface area contributed by atoms with Crippen LogP contribution in [0.25, 0.3) is 0 Å². The number of halogens is 1. The molecule has 1 aromatic rings. The molecule has 21 heavy (non-hydrogen) atoms. The van der Waals surface area contributed by atoms with Crippen molar-refractivity contribution < 1.29 is 9.84 Å². The quantitative estimate of drug-likeness (QED) is 0.775. The lowest BCUT2D eigenvalue weighted by Gasteiger charge is -2.36. The monoisotopic (exact) mass is 358 g/mol. The Balaban J connectivity index is 1.88. The summed E-state index contributed by atoms with van der Waals surface area (Å²) in [4.78, 5) is 0. The fourth-order valence-electron chi connectivity index (χ4n) is 3.14. The molecule has 4 nitrogen and oxygen atoms in total. The molecule has 0 amide bonds.